The largest absolute Gasteiger partial charge is 0.486 e. The van der Waals surface area contributed by atoms with Crippen LogP contribution in [0.5, 0.6) is 5.75 Å². The van der Waals surface area contributed by atoms with Crippen LogP contribution >= 0.6 is 15.9 Å². The third-order valence-electron chi connectivity index (χ3n) is 2.68. The van der Waals surface area contributed by atoms with E-state index in [9.17, 15) is 4.79 Å². The molecule has 1 aliphatic heterocycles. The molecule has 0 spiro atoms. The number of hydrogen-bond acceptors (Lipinski definition) is 4. The summed E-state index contributed by atoms with van der Waals surface area (Å²) in [5, 5.41) is 0. The summed E-state index contributed by atoms with van der Waals surface area (Å²) in [6, 6.07) is 3.54. The van der Waals surface area contributed by atoms with Crippen molar-refractivity contribution >= 4 is 21.9 Å². The molecule has 1 unspecified atom stereocenters. The Hall–Kier alpha value is -1.07. The minimum atomic E-state index is -0.383. The average molecular weight is 301 g/mol. The van der Waals surface area contributed by atoms with Gasteiger partial charge >= 0.3 is 5.97 Å². The van der Waals surface area contributed by atoms with Crippen LogP contribution in [0.3, 0.4) is 0 Å². The molecule has 0 radical (unpaired) electrons. The highest BCUT2D eigenvalue weighted by Gasteiger charge is 2.29. The second kappa shape index (κ2) is 5.06. The van der Waals surface area contributed by atoms with Crippen LogP contribution in [0.2, 0.25) is 0 Å². The minimum absolute atomic E-state index is 0.0443. The van der Waals surface area contributed by atoms with Gasteiger partial charge in [0.2, 0.25) is 0 Å². The summed E-state index contributed by atoms with van der Waals surface area (Å²) >= 11 is 3.46. The summed E-state index contributed by atoms with van der Waals surface area (Å²) in [7, 11) is 2.99. The molecule has 0 fully saturated rings. The summed E-state index contributed by atoms with van der Waals surface area (Å²) in [6.07, 6.45) is 0.686. The molecule has 0 aromatic heterocycles. The predicted molar refractivity (Wildman–Crippen MR) is 65.5 cm³/mol. The molecule has 1 heterocycles. The summed E-state index contributed by atoms with van der Waals surface area (Å²) in [5.41, 5.74) is 1.46. The Labute approximate surface area is 108 Å². The molecule has 0 aliphatic carbocycles. The number of rotatable bonds is 3. The van der Waals surface area contributed by atoms with Crippen LogP contribution in [0.15, 0.2) is 16.6 Å². The van der Waals surface area contributed by atoms with E-state index in [4.69, 9.17) is 14.2 Å². The lowest BCUT2D eigenvalue weighted by Crippen LogP contribution is -2.19. The van der Waals surface area contributed by atoms with Gasteiger partial charge in [-0.2, -0.15) is 0 Å². The fourth-order valence-electron chi connectivity index (χ4n) is 1.91. The molecular weight excluding hydrogens is 288 g/mol. The molecule has 1 aromatic carbocycles. The van der Waals surface area contributed by atoms with Crippen molar-refractivity contribution in [3.05, 3.63) is 27.7 Å². The minimum Gasteiger partial charge on any atom is -0.486 e. The Morgan fingerprint density at radius 3 is 2.94 bits per heavy atom. The zero-order valence-corrected chi connectivity index (χ0v) is 11.2. The van der Waals surface area contributed by atoms with Gasteiger partial charge in [-0.05, 0) is 12.1 Å². The van der Waals surface area contributed by atoms with Crippen LogP contribution in [0, 0.1) is 0 Å². The first-order valence-corrected chi connectivity index (χ1v) is 6.02. The van der Waals surface area contributed by atoms with Crippen molar-refractivity contribution in [3.63, 3.8) is 0 Å². The smallest absolute Gasteiger partial charge is 0.341 e. The number of ether oxygens (including phenoxy) is 3. The quantitative estimate of drug-likeness (QED) is 0.803. The van der Waals surface area contributed by atoms with Crippen molar-refractivity contribution in [2.75, 3.05) is 20.8 Å². The molecule has 1 aliphatic rings. The Bertz CT molecular complexity index is 444. The molecule has 92 valence electrons. The first kappa shape index (κ1) is 12.4. The van der Waals surface area contributed by atoms with Crippen molar-refractivity contribution in [3.8, 4) is 5.75 Å². The van der Waals surface area contributed by atoms with Crippen LogP contribution in [-0.2, 0) is 15.9 Å². The van der Waals surface area contributed by atoms with Gasteiger partial charge in [0.05, 0.1) is 13.7 Å². The molecule has 0 bridgehead atoms. The van der Waals surface area contributed by atoms with Gasteiger partial charge in [0.15, 0.2) is 0 Å². The Morgan fingerprint density at radius 1 is 1.53 bits per heavy atom. The summed E-state index contributed by atoms with van der Waals surface area (Å²) in [5.74, 6) is 0.222. The van der Waals surface area contributed by atoms with E-state index in [1.165, 1.54) is 7.11 Å². The second-order valence-corrected chi connectivity index (χ2v) is 4.65. The van der Waals surface area contributed by atoms with Gasteiger partial charge in [0.1, 0.15) is 17.4 Å². The normalized spacial score (nSPS) is 17.5. The van der Waals surface area contributed by atoms with Crippen molar-refractivity contribution in [1.82, 2.24) is 0 Å². The number of carbonyl (C=O) groups is 1. The van der Waals surface area contributed by atoms with Gasteiger partial charge in [0, 0.05) is 23.6 Å². The zero-order chi connectivity index (χ0) is 12.4. The van der Waals surface area contributed by atoms with Crippen LogP contribution in [0.1, 0.15) is 15.9 Å². The van der Waals surface area contributed by atoms with Gasteiger partial charge < -0.3 is 14.2 Å². The molecule has 5 heteroatoms. The van der Waals surface area contributed by atoms with Crippen LogP contribution in [0.4, 0.5) is 0 Å². The Balaban J connectivity index is 2.36. The second-order valence-electron chi connectivity index (χ2n) is 3.79. The number of carbonyl (C=O) groups excluding carboxylic acids is 1. The SMILES string of the molecule is COCC1Cc2c(Br)ccc(C(=O)OC)c2O1. The fraction of sp³-hybridized carbons (Fsp3) is 0.417. The highest BCUT2D eigenvalue weighted by Crippen LogP contribution is 2.38. The highest BCUT2D eigenvalue weighted by atomic mass is 79.9. The molecule has 0 saturated carbocycles. The molecule has 1 aromatic rings. The number of fused-ring (bicyclic) bond motifs is 1. The van der Waals surface area contributed by atoms with Gasteiger partial charge in [0.25, 0.3) is 0 Å². The topological polar surface area (TPSA) is 44.8 Å². The van der Waals surface area contributed by atoms with E-state index in [0.29, 0.717) is 17.9 Å². The van der Waals surface area contributed by atoms with Crippen molar-refractivity contribution in [1.29, 1.82) is 0 Å². The van der Waals surface area contributed by atoms with Crippen LogP contribution in [-0.4, -0.2) is 32.9 Å². The lowest BCUT2D eigenvalue weighted by molar-refractivity contribution is 0.0587. The molecule has 4 nitrogen and oxygen atoms in total. The van der Waals surface area contributed by atoms with E-state index in [1.807, 2.05) is 6.07 Å². The van der Waals surface area contributed by atoms with Gasteiger partial charge in [-0.1, -0.05) is 15.9 Å². The highest BCUT2D eigenvalue weighted by molar-refractivity contribution is 9.10. The molecule has 0 saturated heterocycles. The van der Waals surface area contributed by atoms with Crippen LogP contribution < -0.4 is 4.74 Å². The summed E-state index contributed by atoms with van der Waals surface area (Å²) in [6.45, 7) is 0.502. The van der Waals surface area contributed by atoms with E-state index in [0.717, 1.165) is 16.5 Å². The first-order valence-electron chi connectivity index (χ1n) is 5.22. The van der Waals surface area contributed by atoms with E-state index < -0.39 is 0 Å². The number of halogens is 1. The van der Waals surface area contributed by atoms with Gasteiger partial charge in [-0.15, -0.1) is 0 Å². The molecule has 17 heavy (non-hydrogen) atoms. The number of methoxy groups -OCH3 is 2. The number of benzene rings is 1. The summed E-state index contributed by atoms with van der Waals surface area (Å²) < 4.78 is 16.5. The summed E-state index contributed by atoms with van der Waals surface area (Å²) in [4.78, 5) is 11.6. The van der Waals surface area contributed by atoms with Gasteiger partial charge in [-0.3, -0.25) is 0 Å². The third kappa shape index (κ3) is 2.30. The molecule has 0 N–H and O–H groups in total. The maximum Gasteiger partial charge on any atom is 0.341 e. The number of esters is 1. The maximum atomic E-state index is 11.6. The number of hydrogen-bond donors (Lipinski definition) is 0. The van der Waals surface area contributed by atoms with Crippen LogP contribution in [0.25, 0.3) is 0 Å². The molecule has 1 atom stereocenters. The van der Waals surface area contributed by atoms with E-state index in [-0.39, 0.29) is 12.1 Å². The van der Waals surface area contributed by atoms with E-state index in [1.54, 1.807) is 13.2 Å². The van der Waals surface area contributed by atoms with Crippen molar-refractivity contribution in [2.45, 2.75) is 12.5 Å². The lowest BCUT2D eigenvalue weighted by atomic mass is 10.1. The fourth-order valence-corrected chi connectivity index (χ4v) is 2.39. The molecular formula is C12H13BrO4. The Kier molecular flexibility index (Phi) is 3.69. The monoisotopic (exact) mass is 300 g/mol. The standard InChI is InChI=1S/C12H13BrO4/c1-15-6-7-5-9-10(13)4-3-8(11(9)17-7)12(14)16-2/h3-4,7H,5-6H2,1-2H3. The van der Waals surface area contributed by atoms with Gasteiger partial charge in [-0.25, -0.2) is 4.79 Å². The van der Waals surface area contributed by atoms with E-state index in [2.05, 4.69) is 15.9 Å². The van der Waals surface area contributed by atoms with E-state index >= 15 is 0 Å². The maximum absolute atomic E-state index is 11.6. The zero-order valence-electron chi connectivity index (χ0n) is 9.66. The first-order chi connectivity index (χ1) is 8.17. The van der Waals surface area contributed by atoms with Crippen molar-refractivity contribution < 1.29 is 19.0 Å². The Morgan fingerprint density at radius 2 is 2.29 bits per heavy atom. The predicted octanol–water partition coefficient (Wildman–Crippen LogP) is 2.19. The average Bonchev–Trinajstić information content (AvgIpc) is 2.74. The molecule has 0 amide bonds. The lowest BCUT2D eigenvalue weighted by Gasteiger charge is -2.10. The third-order valence-corrected chi connectivity index (χ3v) is 3.42. The van der Waals surface area contributed by atoms with Crippen molar-refractivity contribution in [2.24, 2.45) is 0 Å². The molecule has 2 rings (SSSR count).